The Morgan fingerprint density at radius 3 is 2.15 bits per heavy atom. The normalized spacial score (nSPS) is 13.9. The van der Waals surface area contributed by atoms with E-state index in [9.17, 15) is 9.59 Å². The number of hydrogen-bond donors (Lipinski definition) is 1. The Morgan fingerprint density at radius 1 is 0.824 bits per heavy atom. The molecule has 1 N–H and O–H groups in total. The molecule has 1 saturated heterocycles. The highest BCUT2D eigenvalue weighted by Gasteiger charge is 2.27. The monoisotopic (exact) mass is 456 g/mol. The van der Waals surface area contributed by atoms with Crippen molar-refractivity contribution >= 4 is 11.8 Å². The number of para-hydroxylation sites is 1. The molecule has 1 heterocycles. The van der Waals surface area contributed by atoms with E-state index in [0.29, 0.717) is 45.5 Å². The third kappa shape index (κ3) is 6.70. The summed E-state index contributed by atoms with van der Waals surface area (Å²) in [6, 6.07) is 27.8. The quantitative estimate of drug-likeness (QED) is 0.505. The number of carbonyl (C=O) groups excluding carboxylic acids is 2. The first-order chi connectivity index (χ1) is 16.7. The van der Waals surface area contributed by atoms with Gasteiger partial charge < -0.3 is 15.0 Å². The Labute approximate surface area is 201 Å². The van der Waals surface area contributed by atoms with Crippen LogP contribution < -0.4 is 10.1 Å². The summed E-state index contributed by atoms with van der Waals surface area (Å²) in [4.78, 5) is 27.3. The molecular weight excluding hydrogens is 424 g/mol. The Balaban J connectivity index is 1.21. The maximum absolute atomic E-state index is 12.8. The molecule has 0 unspecified atom stereocenters. The number of piperidine rings is 1. The van der Waals surface area contributed by atoms with Gasteiger partial charge in [0.25, 0.3) is 0 Å². The predicted molar refractivity (Wildman–Crippen MR) is 133 cm³/mol. The van der Waals surface area contributed by atoms with E-state index in [1.54, 1.807) is 0 Å². The number of carbonyl (C=O) groups is 2. The van der Waals surface area contributed by atoms with Gasteiger partial charge in [-0.3, -0.25) is 9.59 Å². The van der Waals surface area contributed by atoms with Crippen molar-refractivity contribution in [3.05, 3.63) is 102 Å². The number of nitrogens with one attached hydrogen (secondary N) is 1. The average molecular weight is 457 g/mol. The van der Waals surface area contributed by atoms with Gasteiger partial charge in [-0.1, -0.05) is 72.8 Å². The molecule has 0 aliphatic carbocycles. The number of hydrogen-bond acceptors (Lipinski definition) is 3. The van der Waals surface area contributed by atoms with E-state index in [-0.39, 0.29) is 17.7 Å². The van der Waals surface area contributed by atoms with Crippen molar-refractivity contribution in [2.24, 2.45) is 5.92 Å². The zero-order valence-electron chi connectivity index (χ0n) is 19.5. The van der Waals surface area contributed by atoms with E-state index >= 15 is 0 Å². The van der Waals surface area contributed by atoms with E-state index < -0.39 is 0 Å². The summed E-state index contributed by atoms with van der Waals surface area (Å²) in [5.74, 6) is 1.02. The molecule has 4 rings (SSSR count). The first-order valence-corrected chi connectivity index (χ1v) is 12.0. The van der Waals surface area contributed by atoms with Crippen LogP contribution in [-0.4, -0.2) is 29.8 Å². The summed E-state index contributed by atoms with van der Waals surface area (Å²) in [6.45, 7) is 2.23. The maximum Gasteiger partial charge on any atom is 0.223 e. The molecule has 0 atom stereocenters. The topological polar surface area (TPSA) is 58.6 Å². The summed E-state index contributed by atoms with van der Waals surface area (Å²) in [5, 5.41) is 3.10. The van der Waals surface area contributed by atoms with E-state index in [1.165, 1.54) is 5.56 Å². The molecule has 0 aromatic heterocycles. The van der Waals surface area contributed by atoms with Crippen LogP contribution in [0.5, 0.6) is 5.75 Å². The fraction of sp³-hybridized carbons (Fsp3) is 0.310. The van der Waals surface area contributed by atoms with Crippen molar-refractivity contribution in [2.75, 3.05) is 13.1 Å². The number of rotatable bonds is 9. The van der Waals surface area contributed by atoms with E-state index in [4.69, 9.17) is 4.74 Å². The Bertz CT molecular complexity index is 1060. The molecule has 3 aromatic carbocycles. The Hall–Kier alpha value is -3.60. The van der Waals surface area contributed by atoms with Gasteiger partial charge in [-0.2, -0.15) is 0 Å². The summed E-state index contributed by atoms with van der Waals surface area (Å²) in [6.07, 6.45) is 2.69. The van der Waals surface area contributed by atoms with E-state index in [1.807, 2.05) is 77.7 Å². The highest BCUT2D eigenvalue weighted by Crippen LogP contribution is 2.20. The predicted octanol–water partition coefficient (Wildman–Crippen LogP) is 4.75. The molecule has 2 amide bonds. The third-order valence-electron chi connectivity index (χ3n) is 6.40. The van der Waals surface area contributed by atoms with Gasteiger partial charge in [0.15, 0.2) is 0 Å². The van der Waals surface area contributed by atoms with Crippen molar-refractivity contribution in [1.29, 1.82) is 0 Å². The first-order valence-electron chi connectivity index (χ1n) is 12.0. The second-order valence-corrected chi connectivity index (χ2v) is 8.73. The lowest BCUT2D eigenvalue weighted by atomic mass is 9.95. The summed E-state index contributed by atoms with van der Waals surface area (Å²) < 4.78 is 5.89. The van der Waals surface area contributed by atoms with E-state index in [0.717, 1.165) is 23.3 Å². The van der Waals surface area contributed by atoms with Gasteiger partial charge in [-0.05, 0) is 48.1 Å². The standard InChI is InChI=1S/C29H32N2O3/c32-28(16-15-23-9-3-1-4-10-23)31-19-17-24(18-20-31)29(33)30-21-25-11-7-8-12-26(25)22-34-27-13-5-2-6-14-27/h1-14,24H,15-22H2,(H,30,33). The third-order valence-corrected chi connectivity index (χ3v) is 6.40. The van der Waals surface area contributed by atoms with Crippen molar-refractivity contribution in [2.45, 2.75) is 38.8 Å². The number of amides is 2. The van der Waals surface area contributed by atoms with Gasteiger partial charge in [0.1, 0.15) is 12.4 Å². The molecule has 1 fully saturated rings. The maximum atomic E-state index is 12.8. The second kappa shape index (κ2) is 12.0. The lowest BCUT2D eigenvalue weighted by molar-refractivity contribution is -0.135. The van der Waals surface area contributed by atoms with Gasteiger partial charge in [0.05, 0.1) is 0 Å². The summed E-state index contributed by atoms with van der Waals surface area (Å²) in [5.41, 5.74) is 3.30. The molecule has 1 aliphatic rings. The minimum atomic E-state index is -0.0501. The molecule has 1 aliphatic heterocycles. The Kier molecular flexibility index (Phi) is 8.33. The smallest absolute Gasteiger partial charge is 0.223 e. The van der Waals surface area contributed by atoms with Crippen LogP contribution in [0.15, 0.2) is 84.9 Å². The highest BCUT2D eigenvalue weighted by molar-refractivity contribution is 5.80. The van der Waals surface area contributed by atoms with Crippen molar-refractivity contribution in [3.8, 4) is 5.75 Å². The SMILES string of the molecule is O=C(NCc1ccccc1COc1ccccc1)C1CCN(C(=O)CCc2ccccc2)CC1. The van der Waals surface area contributed by atoms with Crippen LogP contribution in [0.3, 0.4) is 0 Å². The second-order valence-electron chi connectivity index (χ2n) is 8.73. The average Bonchev–Trinajstić information content (AvgIpc) is 2.91. The molecule has 0 bridgehead atoms. The van der Waals surface area contributed by atoms with Crippen molar-refractivity contribution in [3.63, 3.8) is 0 Å². The number of nitrogens with zero attached hydrogens (tertiary/aromatic N) is 1. The minimum Gasteiger partial charge on any atom is -0.489 e. The fourth-order valence-electron chi connectivity index (χ4n) is 4.32. The van der Waals surface area contributed by atoms with Crippen LogP contribution in [0.1, 0.15) is 36.0 Å². The molecule has 0 saturated carbocycles. The van der Waals surface area contributed by atoms with Gasteiger partial charge in [-0.25, -0.2) is 0 Å². The van der Waals surface area contributed by atoms with E-state index in [2.05, 4.69) is 17.4 Å². The molecule has 5 nitrogen and oxygen atoms in total. The molecule has 3 aromatic rings. The largest absolute Gasteiger partial charge is 0.489 e. The van der Waals surface area contributed by atoms with Crippen LogP contribution in [-0.2, 0) is 29.2 Å². The lowest BCUT2D eigenvalue weighted by Crippen LogP contribution is -2.43. The minimum absolute atomic E-state index is 0.0501. The van der Waals surface area contributed by atoms with Gasteiger partial charge in [0, 0.05) is 32.0 Å². The van der Waals surface area contributed by atoms with Crippen LogP contribution in [0.4, 0.5) is 0 Å². The van der Waals surface area contributed by atoms with Crippen LogP contribution in [0, 0.1) is 5.92 Å². The van der Waals surface area contributed by atoms with Gasteiger partial charge >= 0.3 is 0 Å². The number of ether oxygens (including phenoxy) is 1. The number of aryl methyl sites for hydroxylation is 1. The number of likely N-dealkylation sites (tertiary alicyclic amines) is 1. The van der Waals surface area contributed by atoms with Gasteiger partial charge in [-0.15, -0.1) is 0 Å². The molecule has 0 radical (unpaired) electrons. The first kappa shape index (κ1) is 23.6. The van der Waals surface area contributed by atoms with Crippen LogP contribution >= 0.6 is 0 Å². The molecular formula is C29H32N2O3. The highest BCUT2D eigenvalue weighted by atomic mass is 16.5. The van der Waals surface area contributed by atoms with Gasteiger partial charge in [0.2, 0.25) is 11.8 Å². The molecule has 5 heteroatoms. The van der Waals surface area contributed by atoms with Crippen LogP contribution in [0.2, 0.25) is 0 Å². The number of benzene rings is 3. The molecule has 34 heavy (non-hydrogen) atoms. The van der Waals surface area contributed by atoms with Crippen LogP contribution in [0.25, 0.3) is 0 Å². The zero-order chi connectivity index (χ0) is 23.6. The Morgan fingerprint density at radius 2 is 1.44 bits per heavy atom. The fourth-order valence-corrected chi connectivity index (χ4v) is 4.32. The zero-order valence-corrected chi connectivity index (χ0v) is 19.5. The molecule has 176 valence electrons. The molecule has 0 spiro atoms. The summed E-state index contributed by atoms with van der Waals surface area (Å²) >= 11 is 0. The van der Waals surface area contributed by atoms with Crippen molar-refractivity contribution in [1.82, 2.24) is 10.2 Å². The lowest BCUT2D eigenvalue weighted by Gasteiger charge is -2.31. The summed E-state index contributed by atoms with van der Waals surface area (Å²) in [7, 11) is 0. The van der Waals surface area contributed by atoms with Crippen molar-refractivity contribution < 1.29 is 14.3 Å².